The summed E-state index contributed by atoms with van der Waals surface area (Å²) in [5, 5.41) is 2.99. The molecule has 1 aromatic heterocycles. The minimum absolute atomic E-state index is 0.0745. The molecule has 5 nitrogen and oxygen atoms in total. The zero-order valence-electron chi connectivity index (χ0n) is 15.9. The molecule has 0 atom stereocenters. The van der Waals surface area contributed by atoms with Crippen molar-refractivity contribution in [2.45, 2.75) is 32.9 Å². The first-order chi connectivity index (χ1) is 12.4. The van der Waals surface area contributed by atoms with Crippen molar-refractivity contribution in [3.8, 4) is 0 Å². The van der Waals surface area contributed by atoms with Gasteiger partial charge in [0.1, 0.15) is 0 Å². The second-order valence-electron chi connectivity index (χ2n) is 7.88. The number of hydrogen-bond donors (Lipinski definition) is 1. The fourth-order valence-corrected chi connectivity index (χ4v) is 3.14. The first-order valence-corrected chi connectivity index (χ1v) is 9.19. The highest BCUT2D eigenvalue weighted by atomic mass is 16.1. The number of pyridine rings is 1. The SMILES string of the molecule is CC(C)(C)NC(=O)c1cncc(N2CCN(Cc3ccccc3)CC2)c1. The first kappa shape index (κ1) is 18.4. The fraction of sp³-hybridized carbons (Fsp3) is 0.429. The van der Waals surface area contributed by atoms with Crippen LogP contribution >= 0.6 is 0 Å². The zero-order chi connectivity index (χ0) is 18.6. The van der Waals surface area contributed by atoms with Gasteiger partial charge in [0, 0.05) is 44.5 Å². The number of piperazine rings is 1. The summed E-state index contributed by atoms with van der Waals surface area (Å²) in [7, 11) is 0. The Morgan fingerprint density at radius 2 is 1.77 bits per heavy atom. The van der Waals surface area contributed by atoms with Gasteiger partial charge in [0.2, 0.25) is 0 Å². The van der Waals surface area contributed by atoms with Crippen LogP contribution in [0.1, 0.15) is 36.7 Å². The molecule has 1 fully saturated rings. The van der Waals surface area contributed by atoms with E-state index in [1.165, 1.54) is 5.56 Å². The molecule has 1 aliphatic rings. The molecule has 0 radical (unpaired) electrons. The molecule has 0 unspecified atom stereocenters. The van der Waals surface area contributed by atoms with Gasteiger partial charge in [0.05, 0.1) is 17.4 Å². The van der Waals surface area contributed by atoms with Gasteiger partial charge in [-0.3, -0.25) is 14.7 Å². The second-order valence-corrected chi connectivity index (χ2v) is 7.88. The van der Waals surface area contributed by atoms with E-state index in [9.17, 15) is 4.79 Å². The van der Waals surface area contributed by atoms with Gasteiger partial charge >= 0.3 is 0 Å². The number of benzene rings is 1. The minimum atomic E-state index is -0.254. The standard InChI is InChI=1S/C21H28N4O/c1-21(2,3)23-20(26)18-13-19(15-22-14-18)25-11-9-24(10-12-25)16-17-7-5-4-6-8-17/h4-8,13-15H,9-12,16H2,1-3H3,(H,23,26). The molecule has 0 saturated carbocycles. The van der Waals surface area contributed by atoms with Crippen LogP contribution in [0.2, 0.25) is 0 Å². The summed E-state index contributed by atoms with van der Waals surface area (Å²) in [5.41, 5.74) is 2.73. The van der Waals surface area contributed by atoms with Crippen molar-refractivity contribution in [1.29, 1.82) is 0 Å². The molecule has 0 bridgehead atoms. The summed E-state index contributed by atoms with van der Waals surface area (Å²) < 4.78 is 0. The number of anilines is 1. The third-order valence-electron chi connectivity index (χ3n) is 4.46. The van der Waals surface area contributed by atoms with Crippen LogP contribution in [-0.2, 0) is 6.54 Å². The number of rotatable bonds is 4. The van der Waals surface area contributed by atoms with Crippen molar-refractivity contribution in [1.82, 2.24) is 15.2 Å². The highest BCUT2D eigenvalue weighted by Crippen LogP contribution is 2.18. The molecule has 1 amide bonds. The molecule has 0 aliphatic carbocycles. The molecule has 26 heavy (non-hydrogen) atoms. The average molecular weight is 352 g/mol. The van der Waals surface area contributed by atoms with Crippen molar-refractivity contribution in [2.75, 3.05) is 31.1 Å². The normalized spacial score (nSPS) is 15.7. The van der Waals surface area contributed by atoms with Crippen LogP contribution in [0.15, 0.2) is 48.8 Å². The summed E-state index contributed by atoms with van der Waals surface area (Å²) >= 11 is 0. The Bertz CT molecular complexity index is 731. The van der Waals surface area contributed by atoms with E-state index in [4.69, 9.17) is 0 Å². The lowest BCUT2D eigenvalue weighted by Crippen LogP contribution is -2.46. The zero-order valence-corrected chi connectivity index (χ0v) is 15.9. The van der Waals surface area contributed by atoms with Gasteiger partial charge in [-0.15, -0.1) is 0 Å². The topological polar surface area (TPSA) is 48.5 Å². The number of nitrogens with one attached hydrogen (secondary N) is 1. The van der Waals surface area contributed by atoms with Crippen molar-refractivity contribution < 1.29 is 4.79 Å². The van der Waals surface area contributed by atoms with Gasteiger partial charge < -0.3 is 10.2 Å². The smallest absolute Gasteiger partial charge is 0.253 e. The maximum absolute atomic E-state index is 12.4. The van der Waals surface area contributed by atoms with E-state index in [2.05, 4.69) is 50.4 Å². The third kappa shape index (κ3) is 5.05. The molecule has 5 heteroatoms. The van der Waals surface area contributed by atoms with Crippen LogP contribution in [0.25, 0.3) is 0 Å². The van der Waals surface area contributed by atoms with Crippen LogP contribution in [0.5, 0.6) is 0 Å². The van der Waals surface area contributed by atoms with Crippen LogP contribution in [0.3, 0.4) is 0 Å². The molecule has 0 spiro atoms. The molecule has 1 aromatic carbocycles. The monoisotopic (exact) mass is 352 g/mol. The predicted octanol–water partition coefficient (Wildman–Crippen LogP) is 2.93. The molecule has 1 saturated heterocycles. The van der Waals surface area contributed by atoms with Gasteiger partial charge in [-0.25, -0.2) is 0 Å². The molecule has 1 N–H and O–H groups in total. The van der Waals surface area contributed by atoms with E-state index >= 15 is 0 Å². The van der Waals surface area contributed by atoms with Crippen LogP contribution in [-0.4, -0.2) is 47.5 Å². The molecule has 3 rings (SSSR count). The number of amides is 1. The molecular formula is C21H28N4O. The lowest BCUT2D eigenvalue weighted by molar-refractivity contribution is 0.0919. The summed E-state index contributed by atoms with van der Waals surface area (Å²) in [5.74, 6) is -0.0745. The van der Waals surface area contributed by atoms with Gasteiger partial charge in [0.25, 0.3) is 5.91 Å². The fourth-order valence-electron chi connectivity index (χ4n) is 3.14. The van der Waals surface area contributed by atoms with E-state index in [0.29, 0.717) is 5.56 Å². The number of hydrogen-bond acceptors (Lipinski definition) is 4. The average Bonchev–Trinajstić information content (AvgIpc) is 2.62. The summed E-state index contributed by atoms with van der Waals surface area (Å²) in [6.45, 7) is 10.8. The van der Waals surface area contributed by atoms with Crippen molar-refractivity contribution in [3.05, 3.63) is 59.9 Å². The summed E-state index contributed by atoms with van der Waals surface area (Å²) in [4.78, 5) is 21.4. The second kappa shape index (κ2) is 7.87. The van der Waals surface area contributed by atoms with E-state index < -0.39 is 0 Å². The van der Waals surface area contributed by atoms with Crippen molar-refractivity contribution in [3.63, 3.8) is 0 Å². The third-order valence-corrected chi connectivity index (χ3v) is 4.46. The van der Waals surface area contributed by atoms with Gasteiger partial charge in [-0.1, -0.05) is 30.3 Å². The highest BCUT2D eigenvalue weighted by molar-refractivity contribution is 5.95. The number of carbonyl (C=O) groups is 1. The van der Waals surface area contributed by atoms with Gasteiger partial charge in [-0.2, -0.15) is 0 Å². The molecule has 2 aromatic rings. The van der Waals surface area contributed by atoms with E-state index in [1.54, 1.807) is 6.20 Å². The quantitative estimate of drug-likeness (QED) is 0.919. The largest absolute Gasteiger partial charge is 0.368 e. The first-order valence-electron chi connectivity index (χ1n) is 9.19. The Morgan fingerprint density at radius 1 is 1.08 bits per heavy atom. The lowest BCUT2D eigenvalue weighted by Gasteiger charge is -2.36. The van der Waals surface area contributed by atoms with E-state index in [1.807, 2.05) is 33.0 Å². The molecule has 138 valence electrons. The van der Waals surface area contributed by atoms with E-state index in [-0.39, 0.29) is 11.4 Å². The Balaban J connectivity index is 1.59. The lowest BCUT2D eigenvalue weighted by atomic mass is 10.1. The minimum Gasteiger partial charge on any atom is -0.368 e. The maximum Gasteiger partial charge on any atom is 0.253 e. The van der Waals surface area contributed by atoms with Crippen molar-refractivity contribution in [2.24, 2.45) is 0 Å². The van der Waals surface area contributed by atoms with Gasteiger partial charge in [-0.05, 0) is 32.4 Å². The number of carbonyl (C=O) groups excluding carboxylic acids is 1. The Morgan fingerprint density at radius 3 is 2.42 bits per heavy atom. The summed E-state index contributed by atoms with van der Waals surface area (Å²) in [6, 6.07) is 12.5. The Labute approximate surface area is 156 Å². The van der Waals surface area contributed by atoms with Crippen LogP contribution in [0.4, 0.5) is 5.69 Å². The maximum atomic E-state index is 12.4. The van der Waals surface area contributed by atoms with E-state index in [0.717, 1.165) is 38.4 Å². The van der Waals surface area contributed by atoms with Crippen LogP contribution < -0.4 is 10.2 Å². The van der Waals surface area contributed by atoms with Gasteiger partial charge in [0.15, 0.2) is 0 Å². The molecular weight excluding hydrogens is 324 g/mol. The highest BCUT2D eigenvalue weighted by Gasteiger charge is 2.20. The van der Waals surface area contributed by atoms with Crippen molar-refractivity contribution >= 4 is 11.6 Å². The molecule has 1 aliphatic heterocycles. The number of nitrogens with zero attached hydrogens (tertiary/aromatic N) is 3. The molecule has 2 heterocycles. The summed E-state index contributed by atoms with van der Waals surface area (Å²) in [6.07, 6.45) is 3.48. The predicted molar refractivity (Wildman–Crippen MR) is 105 cm³/mol. The van der Waals surface area contributed by atoms with Crippen LogP contribution in [0, 0.1) is 0 Å². The Kier molecular flexibility index (Phi) is 5.57. The Hall–Kier alpha value is -2.40. The number of aromatic nitrogens is 1.